The molecule has 1 heterocycles. The van der Waals surface area contributed by atoms with Gasteiger partial charge in [-0.15, -0.1) is 10.2 Å². The van der Waals surface area contributed by atoms with Gasteiger partial charge in [-0.1, -0.05) is 55.9 Å². The molecule has 0 aliphatic rings. The van der Waals surface area contributed by atoms with Crippen LogP contribution in [0, 0.1) is 5.82 Å². The Kier molecular flexibility index (Phi) is 7.63. The van der Waals surface area contributed by atoms with E-state index in [0.717, 1.165) is 11.3 Å². The van der Waals surface area contributed by atoms with E-state index in [1.807, 2.05) is 24.3 Å². The van der Waals surface area contributed by atoms with Crippen LogP contribution in [0.3, 0.4) is 0 Å². The number of hydrogen-bond donors (Lipinski definition) is 2. The Morgan fingerprint density at radius 3 is 2.47 bits per heavy atom. The lowest BCUT2D eigenvalue weighted by atomic mass is 10.0. The Bertz CT molecular complexity index is 1120. The monoisotopic (exact) mass is 455 g/mol. The first-order valence-electron chi connectivity index (χ1n) is 10.2. The number of hydrogen-bond acceptors (Lipinski definition) is 5. The second-order valence-electron chi connectivity index (χ2n) is 7.65. The quantitative estimate of drug-likeness (QED) is 0.495. The summed E-state index contributed by atoms with van der Waals surface area (Å²) in [5.41, 5.74) is 1.84. The summed E-state index contributed by atoms with van der Waals surface area (Å²) < 4.78 is 15.6. The summed E-state index contributed by atoms with van der Waals surface area (Å²) in [6, 6.07) is 13.0. The molecule has 2 amide bonds. The van der Waals surface area contributed by atoms with E-state index in [1.165, 1.54) is 30.0 Å². The molecule has 0 bridgehead atoms. The normalized spacial score (nSPS) is 11.9. The number of halogens is 1. The molecule has 3 aromatic rings. The van der Waals surface area contributed by atoms with E-state index >= 15 is 0 Å². The minimum atomic E-state index is -0.587. The first-order chi connectivity index (χ1) is 15.3. The van der Waals surface area contributed by atoms with Crippen LogP contribution in [0.5, 0.6) is 0 Å². The molecule has 1 atom stereocenters. The van der Waals surface area contributed by atoms with Gasteiger partial charge in [-0.05, 0) is 36.6 Å². The van der Waals surface area contributed by atoms with Gasteiger partial charge in [0.1, 0.15) is 5.82 Å². The maximum absolute atomic E-state index is 13.8. The fraction of sp³-hybridized carbons (Fsp3) is 0.304. The fourth-order valence-electron chi connectivity index (χ4n) is 3.24. The molecule has 0 spiro atoms. The number of rotatable bonds is 8. The number of nitrogens with one attached hydrogen (secondary N) is 2. The highest BCUT2D eigenvalue weighted by Gasteiger charge is 2.20. The maximum Gasteiger partial charge on any atom is 0.254 e. The summed E-state index contributed by atoms with van der Waals surface area (Å²) in [7, 11) is 1.76. The zero-order valence-corrected chi connectivity index (χ0v) is 19.2. The third kappa shape index (κ3) is 5.53. The summed E-state index contributed by atoms with van der Waals surface area (Å²) in [5.74, 6) is -0.306. The van der Waals surface area contributed by atoms with Crippen LogP contribution in [-0.4, -0.2) is 32.3 Å². The van der Waals surface area contributed by atoms with Crippen molar-refractivity contribution in [3.05, 3.63) is 71.3 Å². The topological polar surface area (TPSA) is 88.9 Å². The van der Waals surface area contributed by atoms with Crippen LogP contribution in [0.4, 0.5) is 10.1 Å². The molecule has 0 aliphatic carbocycles. The van der Waals surface area contributed by atoms with Crippen molar-refractivity contribution in [1.29, 1.82) is 0 Å². The van der Waals surface area contributed by atoms with Gasteiger partial charge in [0.05, 0.1) is 17.4 Å². The van der Waals surface area contributed by atoms with Gasteiger partial charge in [0.15, 0.2) is 11.0 Å². The van der Waals surface area contributed by atoms with E-state index < -0.39 is 17.8 Å². The second-order valence-corrected chi connectivity index (χ2v) is 8.60. The number of carbonyl (C=O) groups excluding carboxylic acids is 2. The number of benzene rings is 2. The molecule has 1 aromatic heterocycles. The molecule has 0 fully saturated rings. The van der Waals surface area contributed by atoms with Gasteiger partial charge in [0.2, 0.25) is 5.91 Å². The van der Waals surface area contributed by atoms with Crippen molar-refractivity contribution in [2.24, 2.45) is 7.05 Å². The van der Waals surface area contributed by atoms with E-state index in [-0.39, 0.29) is 17.2 Å². The molecular weight excluding hydrogens is 429 g/mol. The molecule has 0 unspecified atom stereocenters. The summed E-state index contributed by atoms with van der Waals surface area (Å²) in [6.45, 7) is 5.90. The molecule has 2 N–H and O–H groups in total. The van der Waals surface area contributed by atoms with Crippen molar-refractivity contribution in [1.82, 2.24) is 20.1 Å². The third-order valence-corrected chi connectivity index (χ3v) is 5.93. The highest BCUT2D eigenvalue weighted by molar-refractivity contribution is 7.99. The Hall–Kier alpha value is -3.20. The van der Waals surface area contributed by atoms with Crippen molar-refractivity contribution in [3.63, 3.8) is 0 Å². The first kappa shape index (κ1) is 23.5. The van der Waals surface area contributed by atoms with Crippen LogP contribution in [0.15, 0.2) is 53.7 Å². The fourth-order valence-corrected chi connectivity index (χ4v) is 3.96. The molecule has 9 heteroatoms. The molecule has 7 nitrogen and oxygen atoms in total. The van der Waals surface area contributed by atoms with Crippen molar-refractivity contribution in [2.75, 3.05) is 11.1 Å². The van der Waals surface area contributed by atoms with Crippen molar-refractivity contribution < 1.29 is 14.0 Å². The number of thioether (sulfide) groups is 1. The van der Waals surface area contributed by atoms with E-state index in [1.54, 1.807) is 24.6 Å². The van der Waals surface area contributed by atoms with E-state index in [9.17, 15) is 14.0 Å². The zero-order valence-electron chi connectivity index (χ0n) is 18.4. The molecule has 0 aliphatic heterocycles. The Morgan fingerprint density at radius 1 is 1.06 bits per heavy atom. The molecule has 0 radical (unpaired) electrons. The van der Waals surface area contributed by atoms with Gasteiger partial charge in [0, 0.05) is 12.7 Å². The molecule has 2 aromatic carbocycles. The van der Waals surface area contributed by atoms with Gasteiger partial charge in [-0.25, -0.2) is 4.39 Å². The lowest BCUT2D eigenvalue weighted by Crippen LogP contribution is -2.29. The minimum Gasteiger partial charge on any atom is -0.342 e. The van der Waals surface area contributed by atoms with Crippen molar-refractivity contribution >= 4 is 29.3 Å². The summed E-state index contributed by atoms with van der Waals surface area (Å²) in [6.07, 6.45) is 0. The number of nitrogens with zero attached hydrogens (tertiary/aromatic N) is 3. The number of carbonyl (C=O) groups is 2. The predicted molar refractivity (Wildman–Crippen MR) is 123 cm³/mol. The Labute approximate surface area is 190 Å². The van der Waals surface area contributed by atoms with Crippen LogP contribution in [0.25, 0.3) is 0 Å². The van der Waals surface area contributed by atoms with E-state index in [2.05, 4.69) is 34.7 Å². The van der Waals surface area contributed by atoms with Gasteiger partial charge >= 0.3 is 0 Å². The molecule has 0 saturated heterocycles. The number of aromatic nitrogens is 3. The van der Waals surface area contributed by atoms with Gasteiger partial charge in [0.25, 0.3) is 5.91 Å². The second kappa shape index (κ2) is 10.4. The smallest absolute Gasteiger partial charge is 0.254 e. The number of amides is 2. The molecular formula is C23H26FN5O2S. The van der Waals surface area contributed by atoms with Crippen molar-refractivity contribution in [2.45, 2.75) is 37.9 Å². The standard InChI is InChI=1S/C23H26FN5O2S/c1-14(2)16-9-6-8-12-19(16)26-20(30)13-32-23-28-27-21(29(23)4)15(3)25-22(31)17-10-5-7-11-18(17)24/h5-12,14-15H,13H2,1-4H3,(H,25,31)(H,26,30)/t15-/m1/s1. The van der Waals surface area contributed by atoms with Gasteiger partial charge < -0.3 is 15.2 Å². The van der Waals surface area contributed by atoms with Crippen LogP contribution >= 0.6 is 11.8 Å². The summed E-state index contributed by atoms with van der Waals surface area (Å²) >= 11 is 1.25. The van der Waals surface area contributed by atoms with Gasteiger partial charge in [-0.2, -0.15) is 0 Å². The van der Waals surface area contributed by atoms with Crippen molar-refractivity contribution in [3.8, 4) is 0 Å². The highest BCUT2D eigenvalue weighted by Crippen LogP contribution is 2.25. The lowest BCUT2D eigenvalue weighted by Gasteiger charge is -2.14. The van der Waals surface area contributed by atoms with E-state index in [4.69, 9.17) is 0 Å². The molecule has 168 valence electrons. The van der Waals surface area contributed by atoms with Crippen LogP contribution in [0.2, 0.25) is 0 Å². The summed E-state index contributed by atoms with van der Waals surface area (Å²) in [5, 5.41) is 14.5. The average Bonchev–Trinajstić information content (AvgIpc) is 3.13. The SMILES string of the molecule is CC(C)c1ccccc1NC(=O)CSc1nnc([C@@H](C)NC(=O)c2ccccc2F)n1C. The minimum absolute atomic E-state index is 0.0329. The Morgan fingerprint density at radius 2 is 1.75 bits per heavy atom. The van der Waals surface area contributed by atoms with Crippen LogP contribution < -0.4 is 10.6 Å². The maximum atomic E-state index is 13.8. The zero-order chi connectivity index (χ0) is 23.3. The average molecular weight is 456 g/mol. The molecule has 0 saturated carbocycles. The van der Waals surface area contributed by atoms with Crippen LogP contribution in [0.1, 0.15) is 54.5 Å². The number of anilines is 1. The summed E-state index contributed by atoms with van der Waals surface area (Å²) in [4.78, 5) is 24.8. The third-order valence-electron chi connectivity index (χ3n) is 4.91. The van der Waals surface area contributed by atoms with Crippen LogP contribution in [-0.2, 0) is 11.8 Å². The first-order valence-corrected chi connectivity index (χ1v) is 11.2. The Balaban J connectivity index is 1.60. The number of para-hydroxylation sites is 1. The molecule has 32 heavy (non-hydrogen) atoms. The molecule has 3 rings (SSSR count). The highest BCUT2D eigenvalue weighted by atomic mass is 32.2. The largest absolute Gasteiger partial charge is 0.342 e. The predicted octanol–water partition coefficient (Wildman–Crippen LogP) is 4.30. The van der Waals surface area contributed by atoms with Gasteiger partial charge in [-0.3, -0.25) is 9.59 Å². The van der Waals surface area contributed by atoms with E-state index in [0.29, 0.717) is 16.9 Å². The lowest BCUT2D eigenvalue weighted by molar-refractivity contribution is -0.113.